The van der Waals surface area contributed by atoms with Gasteiger partial charge in [0, 0.05) is 34.9 Å². The summed E-state index contributed by atoms with van der Waals surface area (Å²) in [5, 5.41) is 9.93. The number of amides is 3. The zero-order valence-electron chi connectivity index (χ0n) is 27.8. The second-order valence-electron chi connectivity index (χ2n) is 13.8. The third kappa shape index (κ3) is 8.14. The van der Waals surface area contributed by atoms with Gasteiger partial charge in [-0.15, -0.1) is 0 Å². The van der Waals surface area contributed by atoms with Gasteiger partial charge in [0.15, 0.2) is 5.65 Å². The SMILES string of the molecule is CC(C)(C)OC(=O)NC(CNC(=O)C1(c2ccc(Cl)cc2)CC1)c1ccc(C(=O)Nc2ccnc3c2ccn3C(=O)OC(C)(C)C)cc1. The van der Waals surface area contributed by atoms with Crippen molar-refractivity contribution in [2.45, 2.75) is 77.0 Å². The molecule has 2 aromatic heterocycles. The van der Waals surface area contributed by atoms with Crippen molar-refractivity contribution in [3.63, 3.8) is 0 Å². The normalized spacial score (nSPS) is 14.5. The maximum absolute atomic E-state index is 13.4. The standard InChI is InChI=1S/C36H40ClN5O6/c1-34(2,3)47-32(45)41-28(21-39-31(44)36(17-18-36)24-11-13-25(37)14-12-24)22-7-9-23(10-8-22)30(43)40-27-15-19-38-29-26(27)16-20-42(29)33(46)48-35(4,5)6/h7-16,19-20,28H,17-18,21H2,1-6H3,(H,39,44)(H,41,45)(H,38,40,43). The first kappa shape index (κ1) is 34.4. The number of alkyl carbamates (subject to hydrolysis) is 1. The van der Waals surface area contributed by atoms with Crippen LogP contribution >= 0.6 is 11.6 Å². The lowest BCUT2D eigenvalue weighted by atomic mass is 9.94. The number of carbonyl (C=O) groups excluding carboxylic acids is 4. The lowest BCUT2D eigenvalue weighted by molar-refractivity contribution is -0.123. The van der Waals surface area contributed by atoms with Crippen LogP contribution in [0.3, 0.4) is 0 Å². The molecule has 5 rings (SSSR count). The molecule has 1 unspecified atom stereocenters. The molecule has 3 N–H and O–H groups in total. The van der Waals surface area contributed by atoms with E-state index < -0.39 is 34.8 Å². The predicted molar refractivity (Wildman–Crippen MR) is 183 cm³/mol. The number of hydrogen-bond acceptors (Lipinski definition) is 7. The molecule has 0 bridgehead atoms. The fourth-order valence-corrected chi connectivity index (χ4v) is 5.40. The third-order valence-corrected chi connectivity index (χ3v) is 7.99. The summed E-state index contributed by atoms with van der Waals surface area (Å²) >= 11 is 6.05. The zero-order valence-corrected chi connectivity index (χ0v) is 28.6. The number of halogens is 1. The Balaban J connectivity index is 1.31. The van der Waals surface area contributed by atoms with Crippen LogP contribution in [-0.4, -0.2) is 51.3 Å². The minimum Gasteiger partial charge on any atom is -0.444 e. The van der Waals surface area contributed by atoms with Gasteiger partial charge in [-0.3, -0.25) is 9.59 Å². The number of nitrogens with one attached hydrogen (secondary N) is 3. The van der Waals surface area contributed by atoms with Crippen LogP contribution in [0.4, 0.5) is 15.3 Å². The molecular formula is C36H40ClN5O6. The summed E-state index contributed by atoms with van der Waals surface area (Å²) in [7, 11) is 0. The van der Waals surface area contributed by atoms with Gasteiger partial charge in [0.2, 0.25) is 5.91 Å². The Bertz CT molecular complexity index is 1830. The number of carbonyl (C=O) groups is 4. The summed E-state index contributed by atoms with van der Waals surface area (Å²) in [4.78, 5) is 56.5. The predicted octanol–water partition coefficient (Wildman–Crippen LogP) is 7.14. The Morgan fingerprint density at radius 1 is 0.896 bits per heavy atom. The highest BCUT2D eigenvalue weighted by Crippen LogP contribution is 2.48. The monoisotopic (exact) mass is 673 g/mol. The number of ether oxygens (including phenoxy) is 2. The van der Waals surface area contributed by atoms with Crippen molar-refractivity contribution in [1.82, 2.24) is 20.2 Å². The molecule has 4 aromatic rings. The van der Waals surface area contributed by atoms with Crippen LogP contribution in [0, 0.1) is 0 Å². The minimum atomic E-state index is -0.723. The second-order valence-corrected chi connectivity index (χ2v) is 14.3. The fraction of sp³-hybridized carbons (Fsp3) is 0.361. The van der Waals surface area contributed by atoms with Crippen LogP contribution in [0.2, 0.25) is 5.02 Å². The minimum absolute atomic E-state index is 0.0998. The summed E-state index contributed by atoms with van der Waals surface area (Å²) in [6.07, 6.45) is 3.26. The molecule has 1 aliphatic rings. The number of hydrogen-bond donors (Lipinski definition) is 3. The lowest BCUT2D eigenvalue weighted by Crippen LogP contribution is -2.43. The van der Waals surface area contributed by atoms with E-state index in [0.717, 1.165) is 5.56 Å². The molecule has 0 saturated heterocycles. The molecule has 2 heterocycles. The molecule has 0 radical (unpaired) electrons. The highest BCUT2D eigenvalue weighted by atomic mass is 35.5. The van der Waals surface area contributed by atoms with E-state index >= 15 is 0 Å². The van der Waals surface area contributed by atoms with Gasteiger partial charge < -0.3 is 25.4 Å². The summed E-state index contributed by atoms with van der Waals surface area (Å²) in [5.41, 5.74) is 0.690. The van der Waals surface area contributed by atoms with Gasteiger partial charge >= 0.3 is 12.2 Å². The number of rotatable bonds is 8. The molecule has 3 amide bonds. The molecule has 48 heavy (non-hydrogen) atoms. The molecule has 1 saturated carbocycles. The van der Waals surface area contributed by atoms with Crippen molar-refractivity contribution in [2.24, 2.45) is 0 Å². The highest BCUT2D eigenvalue weighted by Gasteiger charge is 2.51. The molecular weight excluding hydrogens is 634 g/mol. The van der Waals surface area contributed by atoms with E-state index in [1.54, 1.807) is 96.3 Å². The summed E-state index contributed by atoms with van der Waals surface area (Å²) < 4.78 is 12.2. The van der Waals surface area contributed by atoms with Gasteiger partial charge in [0.1, 0.15) is 11.2 Å². The lowest BCUT2D eigenvalue weighted by Gasteiger charge is -2.25. The van der Waals surface area contributed by atoms with Crippen molar-refractivity contribution >= 4 is 52.3 Å². The van der Waals surface area contributed by atoms with Crippen LogP contribution in [0.25, 0.3) is 11.0 Å². The maximum atomic E-state index is 13.4. The van der Waals surface area contributed by atoms with Crippen molar-refractivity contribution < 1.29 is 28.7 Å². The van der Waals surface area contributed by atoms with Crippen molar-refractivity contribution in [1.29, 1.82) is 0 Å². The van der Waals surface area contributed by atoms with Crippen LogP contribution in [-0.2, 0) is 19.7 Å². The molecule has 1 atom stereocenters. The first-order chi connectivity index (χ1) is 22.5. The summed E-state index contributed by atoms with van der Waals surface area (Å²) in [6.45, 7) is 10.7. The van der Waals surface area contributed by atoms with Crippen LogP contribution in [0.1, 0.15) is 81.9 Å². The molecule has 0 aliphatic heterocycles. The van der Waals surface area contributed by atoms with Gasteiger partial charge in [-0.1, -0.05) is 35.9 Å². The molecule has 11 nitrogen and oxygen atoms in total. The van der Waals surface area contributed by atoms with E-state index in [4.69, 9.17) is 21.1 Å². The van der Waals surface area contributed by atoms with E-state index in [1.807, 2.05) is 12.1 Å². The van der Waals surface area contributed by atoms with Gasteiger partial charge in [-0.25, -0.2) is 19.1 Å². The highest BCUT2D eigenvalue weighted by molar-refractivity contribution is 6.30. The van der Waals surface area contributed by atoms with E-state index in [0.29, 0.717) is 45.7 Å². The van der Waals surface area contributed by atoms with Gasteiger partial charge in [0.05, 0.1) is 17.1 Å². The largest absolute Gasteiger partial charge is 0.444 e. The summed E-state index contributed by atoms with van der Waals surface area (Å²) in [6, 6.07) is 16.7. The number of anilines is 1. The molecule has 0 spiro atoms. The van der Waals surface area contributed by atoms with Crippen molar-refractivity contribution in [3.8, 4) is 0 Å². The third-order valence-electron chi connectivity index (χ3n) is 7.74. The fourth-order valence-electron chi connectivity index (χ4n) is 5.27. The van der Waals surface area contributed by atoms with E-state index in [9.17, 15) is 19.2 Å². The van der Waals surface area contributed by atoms with E-state index in [-0.39, 0.29) is 18.4 Å². The Morgan fingerprint density at radius 3 is 2.15 bits per heavy atom. The first-order valence-electron chi connectivity index (χ1n) is 15.7. The van der Waals surface area contributed by atoms with Gasteiger partial charge in [-0.05, 0) is 102 Å². The number of aromatic nitrogens is 2. The first-order valence-corrected chi connectivity index (χ1v) is 16.1. The van der Waals surface area contributed by atoms with Crippen molar-refractivity contribution in [2.75, 3.05) is 11.9 Å². The molecule has 12 heteroatoms. The number of fused-ring (bicyclic) bond motifs is 1. The second kappa shape index (κ2) is 13.3. The van der Waals surface area contributed by atoms with Gasteiger partial charge in [0.25, 0.3) is 5.91 Å². The molecule has 1 aliphatic carbocycles. The topological polar surface area (TPSA) is 141 Å². The smallest absolute Gasteiger partial charge is 0.420 e. The Morgan fingerprint density at radius 2 is 1.54 bits per heavy atom. The number of pyridine rings is 1. The van der Waals surface area contributed by atoms with Crippen molar-refractivity contribution in [3.05, 3.63) is 94.8 Å². The van der Waals surface area contributed by atoms with Crippen LogP contribution in [0.5, 0.6) is 0 Å². The van der Waals surface area contributed by atoms with E-state index in [1.165, 1.54) is 10.8 Å². The number of nitrogens with zero attached hydrogens (tertiary/aromatic N) is 2. The average molecular weight is 674 g/mol. The molecule has 252 valence electrons. The van der Waals surface area contributed by atoms with Crippen LogP contribution < -0.4 is 16.0 Å². The Kier molecular flexibility index (Phi) is 9.55. The number of benzene rings is 2. The van der Waals surface area contributed by atoms with E-state index in [2.05, 4.69) is 20.9 Å². The summed E-state index contributed by atoms with van der Waals surface area (Å²) in [5.74, 6) is -0.524. The zero-order chi connectivity index (χ0) is 34.9. The van der Waals surface area contributed by atoms with Gasteiger partial charge in [-0.2, -0.15) is 0 Å². The maximum Gasteiger partial charge on any atom is 0.420 e. The Labute approximate surface area is 284 Å². The quantitative estimate of drug-likeness (QED) is 0.181. The van der Waals surface area contributed by atoms with Crippen LogP contribution in [0.15, 0.2) is 73.1 Å². The molecule has 1 fully saturated rings. The average Bonchev–Trinajstić information content (AvgIpc) is 3.69. The Hall–Kier alpha value is -4.90. The molecule has 2 aromatic carbocycles.